The van der Waals surface area contributed by atoms with E-state index in [0.29, 0.717) is 12.5 Å². The summed E-state index contributed by atoms with van der Waals surface area (Å²) in [6.45, 7) is 4.19. The Kier molecular flexibility index (Phi) is 12.6. The van der Waals surface area contributed by atoms with Crippen molar-refractivity contribution < 1.29 is 14.2 Å². The normalized spacial score (nSPS) is 18.5. The average molecular weight is 297 g/mol. The highest BCUT2D eigenvalue weighted by atomic mass is 16.5. The number of hydrogen-bond acceptors (Lipinski definition) is 4. The van der Waals surface area contributed by atoms with Gasteiger partial charge < -0.3 is 14.2 Å². The second-order valence-corrected chi connectivity index (χ2v) is 5.68. The maximum Gasteiger partial charge on any atom is 0.0622 e. The zero-order valence-corrected chi connectivity index (χ0v) is 13.4. The van der Waals surface area contributed by atoms with Gasteiger partial charge in [0.1, 0.15) is 0 Å². The first-order valence-electron chi connectivity index (χ1n) is 8.57. The molecule has 1 aliphatic rings. The largest absolute Gasteiger partial charge is 0.381 e. The number of nitriles is 1. The molecule has 122 valence electrons. The van der Waals surface area contributed by atoms with Crippen LogP contribution in [-0.4, -0.2) is 39.1 Å². The van der Waals surface area contributed by atoms with E-state index in [-0.39, 0.29) is 0 Å². The van der Waals surface area contributed by atoms with Gasteiger partial charge in [0, 0.05) is 39.5 Å². The summed E-state index contributed by atoms with van der Waals surface area (Å²) in [6.07, 6.45) is 11.4. The molecule has 1 fully saturated rings. The molecule has 0 saturated carbocycles. The molecule has 1 rings (SSSR count). The quantitative estimate of drug-likeness (QED) is 0.485. The monoisotopic (exact) mass is 297 g/mol. The van der Waals surface area contributed by atoms with Gasteiger partial charge in [0.05, 0.1) is 12.2 Å². The lowest BCUT2D eigenvalue weighted by Gasteiger charge is -2.22. The number of hydrogen-bond donors (Lipinski definition) is 0. The van der Waals surface area contributed by atoms with Crippen molar-refractivity contribution in [2.45, 2.75) is 70.3 Å². The minimum absolute atomic E-state index is 0.442. The number of unbranched alkanes of at least 4 members (excludes halogenated alkanes) is 4. The molecule has 4 heteroatoms. The Bertz CT molecular complexity index is 259. The summed E-state index contributed by atoms with van der Waals surface area (Å²) in [5.41, 5.74) is 0. The summed E-state index contributed by atoms with van der Waals surface area (Å²) in [5, 5.41) is 8.38. The minimum Gasteiger partial charge on any atom is -0.381 e. The Balaban J connectivity index is 1.70. The molecule has 0 radical (unpaired) electrons. The topological polar surface area (TPSA) is 51.5 Å². The van der Waals surface area contributed by atoms with E-state index in [2.05, 4.69) is 6.07 Å². The van der Waals surface area contributed by atoms with Crippen LogP contribution in [0.2, 0.25) is 0 Å². The molecule has 0 bridgehead atoms. The summed E-state index contributed by atoms with van der Waals surface area (Å²) >= 11 is 0. The fourth-order valence-corrected chi connectivity index (χ4v) is 2.47. The van der Waals surface area contributed by atoms with Crippen LogP contribution in [-0.2, 0) is 14.2 Å². The maximum absolute atomic E-state index is 8.38. The third-order valence-electron chi connectivity index (χ3n) is 3.76. The van der Waals surface area contributed by atoms with Crippen LogP contribution in [0.15, 0.2) is 0 Å². The van der Waals surface area contributed by atoms with Gasteiger partial charge >= 0.3 is 0 Å². The van der Waals surface area contributed by atoms with Crippen LogP contribution < -0.4 is 0 Å². The second kappa shape index (κ2) is 14.3. The molecule has 1 aliphatic heterocycles. The third kappa shape index (κ3) is 11.7. The Hall–Kier alpha value is -0.630. The van der Waals surface area contributed by atoms with Crippen LogP contribution in [0.25, 0.3) is 0 Å². The van der Waals surface area contributed by atoms with E-state index >= 15 is 0 Å². The first kappa shape index (κ1) is 18.4. The van der Waals surface area contributed by atoms with Crippen molar-refractivity contribution >= 4 is 0 Å². The lowest BCUT2D eigenvalue weighted by atomic mass is 10.1. The molecule has 21 heavy (non-hydrogen) atoms. The first-order valence-corrected chi connectivity index (χ1v) is 8.57. The maximum atomic E-state index is 8.38. The predicted molar refractivity (Wildman–Crippen MR) is 83.2 cm³/mol. The van der Waals surface area contributed by atoms with Gasteiger partial charge in [-0.25, -0.2) is 0 Å². The Morgan fingerprint density at radius 1 is 0.905 bits per heavy atom. The average Bonchev–Trinajstić information content (AvgIpc) is 2.53. The van der Waals surface area contributed by atoms with E-state index in [4.69, 9.17) is 19.5 Å². The second-order valence-electron chi connectivity index (χ2n) is 5.68. The highest BCUT2D eigenvalue weighted by molar-refractivity contribution is 4.67. The molecule has 0 aromatic rings. The van der Waals surface area contributed by atoms with Crippen LogP contribution in [0.3, 0.4) is 0 Å². The molecule has 1 heterocycles. The van der Waals surface area contributed by atoms with Crippen molar-refractivity contribution in [2.24, 2.45) is 0 Å². The highest BCUT2D eigenvalue weighted by Gasteiger charge is 2.12. The van der Waals surface area contributed by atoms with Crippen molar-refractivity contribution in [3.05, 3.63) is 0 Å². The smallest absolute Gasteiger partial charge is 0.0622 e. The van der Waals surface area contributed by atoms with E-state index in [1.54, 1.807) is 0 Å². The molecule has 0 amide bonds. The van der Waals surface area contributed by atoms with Gasteiger partial charge in [-0.05, 0) is 44.9 Å². The molecule has 1 saturated heterocycles. The zero-order valence-electron chi connectivity index (χ0n) is 13.4. The number of ether oxygens (including phenoxy) is 3. The molecule has 0 N–H and O–H groups in total. The fraction of sp³-hybridized carbons (Fsp3) is 0.941. The molecule has 0 spiro atoms. The van der Waals surface area contributed by atoms with Crippen LogP contribution in [0.4, 0.5) is 0 Å². The molecular weight excluding hydrogens is 266 g/mol. The van der Waals surface area contributed by atoms with Crippen LogP contribution in [0.1, 0.15) is 64.2 Å². The molecular formula is C17H31NO3. The SMILES string of the molecule is N#CCCCOCCCCCCOCCC1CCCCO1. The summed E-state index contributed by atoms with van der Waals surface area (Å²) in [5.74, 6) is 0. The molecule has 1 atom stereocenters. The lowest BCUT2D eigenvalue weighted by Crippen LogP contribution is -2.20. The van der Waals surface area contributed by atoms with E-state index in [1.165, 1.54) is 32.1 Å². The molecule has 1 unspecified atom stereocenters. The molecule has 4 nitrogen and oxygen atoms in total. The van der Waals surface area contributed by atoms with Gasteiger partial charge in [-0.3, -0.25) is 0 Å². The van der Waals surface area contributed by atoms with Crippen molar-refractivity contribution in [1.29, 1.82) is 5.26 Å². The van der Waals surface area contributed by atoms with Crippen molar-refractivity contribution in [3.63, 3.8) is 0 Å². The Labute approximate surface area is 129 Å². The minimum atomic E-state index is 0.442. The van der Waals surface area contributed by atoms with Gasteiger partial charge in [0.25, 0.3) is 0 Å². The lowest BCUT2D eigenvalue weighted by molar-refractivity contribution is -0.00786. The van der Waals surface area contributed by atoms with Crippen molar-refractivity contribution in [3.8, 4) is 6.07 Å². The van der Waals surface area contributed by atoms with Gasteiger partial charge in [0.15, 0.2) is 0 Å². The standard InChI is InChI=1S/C17H31NO3/c18-11-4-8-14-19-12-5-1-2-6-13-20-16-10-17-9-3-7-15-21-17/h17H,1-10,12-16H2. The van der Waals surface area contributed by atoms with E-state index in [9.17, 15) is 0 Å². The first-order chi connectivity index (χ1) is 10.4. The van der Waals surface area contributed by atoms with Gasteiger partial charge in [-0.2, -0.15) is 5.26 Å². The summed E-state index contributed by atoms with van der Waals surface area (Å²) in [7, 11) is 0. The van der Waals surface area contributed by atoms with E-state index in [1.807, 2.05) is 0 Å². The van der Waals surface area contributed by atoms with E-state index in [0.717, 1.165) is 58.7 Å². The summed E-state index contributed by atoms with van der Waals surface area (Å²) in [4.78, 5) is 0. The summed E-state index contributed by atoms with van der Waals surface area (Å²) in [6, 6.07) is 2.12. The van der Waals surface area contributed by atoms with Crippen LogP contribution in [0, 0.1) is 11.3 Å². The van der Waals surface area contributed by atoms with Gasteiger partial charge in [0.2, 0.25) is 0 Å². The van der Waals surface area contributed by atoms with Crippen LogP contribution >= 0.6 is 0 Å². The molecule has 0 aromatic carbocycles. The van der Waals surface area contributed by atoms with Crippen molar-refractivity contribution in [2.75, 3.05) is 33.0 Å². The van der Waals surface area contributed by atoms with Crippen LogP contribution in [0.5, 0.6) is 0 Å². The van der Waals surface area contributed by atoms with E-state index < -0.39 is 0 Å². The predicted octanol–water partition coefficient (Wildman–Crippen LogP) is 3.84. The number of rotatable bonds is 13. The highest BCUT2D eigenvalue weighted by Crippen LogP contribution is 2.15. The third-order valence-corrected chi connectivity index (χ3v) is 3.76. The molecule has 0 aliphatic carbocycles. The summed E-state index contributed by atoms with van der Waals surface area (Å²) < 4.78 is 16.8. The molecule has 0 aromatic heterocycles. The Morgan fingerprint density at radius 3 is 2.29 bits per heavy atom. The Morgan fingerprint density at radius 2 is 1.62 bits per heavy atom. The zero-order chi connectivity index (χ0) is 15.0. The van der Waals surface area contributed by atoms with Gasteiger partial charge in [-0.1, -0.05) is 12.8 Å². The van der Waals surface area contributed by atoms with Gasteiger partial charge in [-0.15, -0.1) is 0 Å². The number of nitrogens with zero attached hydrogens (tertiary/aromatic N) is 1. The fourth-order valence-electron chi connectivity index (χ4n) is 2.47. The van der Waals surface area contributed by atoms with Crippen molar-refractivity contribution in [1.82, 2.24) is 0 Å².